The van der Waals surface area contributed by atoms with Crippen molar-refractivity contribution in [1.82, 2.24) is 4.98 Å². The molecule has 2 rings (SSSR count). The molecule has 0 spiro atoms. The first-order valence-electron chi connectivity index (χ1n) is 7.03. The van der Waals surface area contributed by atoms with Gasteiger partial charge in [-0.15, -0.1) is 0 Å². The first kappa shape index (κ1) is 14.1. The van der Waals surface area contributed by atoms with Crippen molar-refractivity contribution in [2.75, 3.05) is 0 Å². The third kappa shape index (κ3) is 2.99. The van der Waals surface area contributed by atoms with Crippen LogP contribution in [0.25, 0.3) is 0 Å². The fraction of sp³-hybridized carbons (Fsp3) is 0.733. The maximum atomic E-state index is 11.3. The van der Waals surface area contributed by atoms with Crippen LogP contribution in [0.4, 0.5) is 0 Å². The molecular formula is C15H23NO3. The number of aromatic nitrogens is 1. The van der Waals surface area contributed by atoms with E-state index in [1.807, 2.05) is 20.8 Å². The average molecular weight is 265 g/mol. The Morgan fingerprint density at radius 3 is 2.26 bits per heavy atom. The quantitative estimate of drug-likeness (QED) is 0.879. The van der Waals surface area contributed by atoms with Gasteiger partial charge in [-0.1, -0.05) is 27.7 Å². The Morgan fingerprint density at radius 1 is 1.26 bits per heavy atom. The molecule has 1 saturated carbocycles. The summed E-state index contributed by atoms with van der Waals surface area (Å²) in [7, 11) is 0. The second-order valence-electron chi connectivity index (χ2n) is 6.74. The van der Waals surface area contributed by atoms with Gasteiger partial charge in [0, 0.05) is 11.3 Å². The topological polar surface area (TPSA) is 63.3 Å². The lowest BCUT2D eigenvalue weighted by atomic mass is 9.83. The van der Waals surface area contributed by atoms with Gasteiger partial charge in [0.15, 0.2) is 5.89 Å². The summed E-state index contributed by atoms with van der Waals surface area (Å²) >= 11 is 0. The lowest BCUT2D eigenvalue weighted by Gasteiger charge is -2.23. The van der Waals surface area contributed by atoms with Crippen LogP contribution in [-0.4, -0.2) is 16.1 Å². The van der Waals surface area contributed by atoms with E-state index in [9.17, 15) is 9.90 Å². The summed E-state index contributed by atoms with van der Waals surface area (Å²) in [6.07, 6.45) is 4.43. The summed E-state index contributed by atoms with van der Waals surface area (Å²) in [5, 5.41) is 9.25. The van der Waals surface area contributed by atoms with E-state index in [1.54, 1.807) is 0 Å². The number of nitrogens with zero attached hydrogens (tertiary/aromatic N) is 1. The molecule has 4 nitrogen and oxygen atoms in total. The lowest BCUT2D eigenvalue weighted by Crippen LogP contribution is -2.16. The summed E-state index contributed by atoms with van der Waals surface area (Å²) in [4.78, 5) is 15.8. The van der Waals surface area contributed by atoms with E-state index in [-0.39, 0.29) is 17.1 Å². The molecule has 1 aromatic rings. The molecule has 1 fully saturated rings. The molecule has 0 amide bonds. The van der Waals surface area contributed by atoms with Crippen LogP contribution < -0.4 is 0 Å². The van der Waals surface area contributed by atoms with Gasteiger partial charge in [-0.3, -0.25) is 0 Å². The number of hydrogen-bond donors (Lipinski definition) is 1. The average Bonchev–Trinajstić information content (AvgIpc) is 2.74. The number of carbonyl (C=O) groups is 1. The van der Waals surface area contributed by atoms with Crippen LogP contribution in [0, 0.1) is 5.92 Å². The number of aromatic carboxylic acids is 1. The van der Waals surface area contributed by atoms with Crippen LogP contribution in [-0.2, 0) is 5.41 Å². The Bertz CT molecular complexity index is 462. The van der Waals surface area contributed by atoms with Crippen molar-refractivity contribution < 1.29 is 14.3 Å². The SMILES string of the molecule is CC1CCC(c2nc(C(C)(C)C)c(C(=O)O)o2)CC1. The fourth-order valence-electron chi connectivity index (χ4n) is 2.67. The molecule has 0 unspecified atom stereocenters. The molecule has 106 valence electrons. The predicted octanol–water partition coefficient (Wildman–Crippen LogP) is 3.96. The van der Waals surface area contributed by atoms with Crippen LogP contribution in [0.1, 0.15) is 81.4 Å². The van der Waals surface area contributed by atoms with E-state index in [0.717, 1.165) is 18.8 Å². The Morgan fingerprint density at radius 2 is 1.84 bits per heavy atom. The maximum Gasteiger partial charge on any atom is 0.373 e. The molecule has 4 heteroatoms. The van der Waals surface area contributed by atoms with E-state index < -0.39 is 5.97 Å². The number of hydrogen-bond acceptors (Lipinski definition) is 3. The van der Waals surface area contributed by atoms with Gasteiger partial charge >= 0.3 is 5.97 Å². The van der Waals surface area contributed by atoms with Crippen molar-refractivity contribution in [1.29, 1.82) is 0 Å². The van der Waals surface area contributed by atoms with Gasteiger partial charge in [0.2, 0.25) is 5.76 Å². The van der Waals surface area contributed by atoms with E-state index in [0.29, 0.717) is 11.6 Å². The third-order valence-electron chi connectivity index (χ3n) is 3.91. The zero-order valence-corrected chi connectivity index (χ0v) is 12.2. The Hall–Kier alpha value is -1.32. The molecule has 1 aromatic heterocycles. The van der Waals surface area contributed by atoms with Gasteiger partial charge < -0.3 is 9.52 Å². The number of carboxylic acid groups (broad SMARTS) is 1. The van der Waals surface area contributed by atoms with Crippen molar-refractivity contribution in [3.63, 3.8) is 0 Å². The zero-order chi connectivity index (χ0) is 14.2. The highest BCUT2D eigenvalue weighted by Crippen LogP contribution is 2.37. The molecule has 0 saturated heterocycles. The molecular weight excluding hydrogens is 242 g/mol. The van der Waals surface area contributed by atoms with Gasteiger partial charge in [-0.05, 0) is 31.6 Å². The smallest absolute Gasteiger partial charge is 0.373 e. The molecule has 0 radical (unpaired) electrons. The standard InChI is InChI=1S/C15H23NO3/c1-9-5-7-10(8-6-9)13-16-12(15(2,3)4)11(19-13)14(17)18/h9-10H,5-8H2,1-4H3,(H,17,18). The van der Waals surface area contributed by atoms with Crippen molar-refractivity contribution in [3.05, 3.63) is 17.3 Å². The van der Waals surface area contributed by atoms with Gasteiger partial charge in [0.25, 0.3) is 0 Å². The van der Waals surface area contributed by atoms with E-state index >= 15 is 0 Å². The van der Waals surface area contributed by atoms with Gasteiger partial charge in [0.1, 0.15) is 0 Å². The Kier molecular flexibility index (Phi) is 3.70. The summed E-state index contributed by atoms with van der Waals surface area (Å²) in [5.74, 6) is 0.654. The molecule has 1 heterocycles. The molecule has 1 aliphatic rings. The normalized spacial score (nSPS) is 24.4. The van der Waals surface area contributed by atoms with Crippen LogP contribution in [0.15, 0.2) is 4.42 Å². The zero-order valence-electron chi connectivity index (χ0n) is 12.2. The van der Waals surface area contributed by atoms with Crippen LogP contribution >= 0.6 is 0 Å². The van der Waals surface area contributed by atoms with E-state index in [4.69, 9.17) is 4.42 Å². The minimum Gasteiger partial charge on any atom is -0.475 e. The van der Waals surface area contributed by atoms with Gasteiger partial charge in [-0.25, -0.2) is 9.78 Å². The highest BCUT2D eigenvalue weighted by molar-refractivity contribution is 5.86. The van der Waals surface area contributed by atoms with E-state index in [1.165, 1.54) is 12.8 Å². The first-order chi connectivity index (χ1) is 8.79. The van der Waals surface area contributed by atoms with Gasteiger partial charge in [-0.2, -0.15) is 0 Å². The summed E-state index contributed by atoms with van der Waals surface area (Å²) in [6, 6.07) is 0. The van der Waals surface area contributed by atoms with Crippen molar-refractivity contribution in [3.8, 4) is 0 Å². The Balaban J connectivity index is 2.30. The minimum atomic E-state index is -1.02. The third-order valence-corrected chi connectivity index (χ3v) is 3.91. The van der Waals surface area contributed by atoms with Crippen molar-refractivity contribution >= 4 is 5.97 Å². The molecule has 19 heavy (non-hydrogen) atoms. The molecule has 0 atom stereocenters. The number of rotatable bonds is 2. The first-order valence-corrected chi connectivity index (χ1v) is 7.03. The number of carboxylic acids is 1. The lowest BCUT2D eigenvalue weighted by molar-refractivity contribution is 0.0655. The fourth-order valence-corrected chi connectivity index (χ4v) is 2.67. The van der Waals surface area contributed by atoms with Gasteiger partial charge in [0.05, 0.1) is 5.69 Å². The second-order valence-corrected chi connectivity index (χ2v) is 6.74. The molecule has 1 aliphatic carbocycles. The largest absolute Gasteiger partial charge is 0.475 e. The molecule has 0 bridgehead atoms. The summed E-state index contributed by atoms with van der Waals surface area (Å²) in [5.41, 5.74) is 0.255. The van der Waals surface area contributed by atoms with Crippen molar-refractivity contribution in [2.24, 2.45) is 5.92 Å². The number of oxazole rings is 1. The highest BCUT2D eigenvalue weighted by atomic mass is 16.4. The van der Waals surface area contributed by atoms with Crippen LogP contribution in [0.3, 0.4) is 0 Å². The van der Waals surface area contributed by atoms with Crippen molar-refractivity contribution in [2.45, 2.75) is 64.7 Å². The highest BCUT2D eigenvalue weighted by Gasteiger charge is 2.32. The van der Waals surface area contributed by atoms with Crippen LogP contribution in [0.2, 0.25) is 0 Å². The molecule has 0 aliphatic heterocycles. The summed E-state index contributed by atoms with van der Waals surface area (Å²) in [6.45, 7) is 8.15. The van der Waals surface area contributed by atoms with Crippen LogP contribution in [0.5, 0.6) is 0 Å². The monoisotopic (exact) mass is 265 g/mol. The maximum absolute atomic E-state index is 11.3. The molecule has 1 N–H and O–H groups in total. The minimum absolute atomic E-state index is 0.0149. The summed E-state index contributed by atoms with van der Waals surface area (Å²) < 4.78 is 5.57. The predicted molar refractivity (Wildman–Crippen MR) is 72.5 cm³/mol. The molecule has 0 aromatic carbocycles. The van der Waals surface area contributed by atoms with E-state index in [2.05, 4.69) is 11.9 Å². The second kappa shape index (κ2) is 4.99. The Labute approximate surface area is 114 Å².